The highest BCUT2D eigenvalue weighted by molar-refractivity contribution is 8.02. The van der Waals surface area contributed by atoms with Gasteiger partial charge in [0.2, 0.25) is 0 Å². The summed E-state index contributed by atoms with van der Waals surface area (Å²) < 4.78 is 50.4. The van der Waals surface area contributed by atoms with Crippen LogP contribution in [0, 0.1) is 0 Å². The molecule has 92 valence electrons. The molecule has 0 aromatic carbocycles. The van der Waals surface area contributed by atoms with Gasteiger partial charge in [-0.05, 0) is 6.42 Å². The molecule has 0 spiro atoms. The van der Waals surface area contributed by atoms with Gasteiger partial charge < -0.3 is 0 Å². The molecular weight excluding hydrogens is 242 g/mol. The third-order valence-corrected chi connectivity index (χ3v) is 5.31. The van der Waals surface area contributed by atoms with E-state index in [-0.39, 0.29) is 13.1 Å². The minimum atomic E-state index is -3.97. The molecule has 0 heterocycles. The van der Waals surface area contributed by atoms with Crippen molar-refractivity contribution in [2.45, 2.75) is 20.3 Å². The Bertz CT molecular complexity index is 375. The van der Waals surface area contributed by atoms with Gasteiger partial charge in [-0.25, -0.2) is 9.44 Å². The molecule has 0 unspecified atom stereocenters. The van der Waals surface area contributed by atoms with Crippen molar-refractivity contribution >= 4 is 20.4 Å². The molecule has 0 saturated heterocycles. The van der Waals surface area contributed by atoms with Crippen LogP contribution in [-0.2, 0) is 20.4 Å². The summed E-state index contributed by atoms with van der Waals surface area (Å²) in [5, 5.41) is 0. The molecule has 0 amide bonds. The van der Waals surface area contributed by atoms with Crippen LogP contribution < -0.4 is 9.44 Å². The average molecular weight is 259 g/mol. The zero-order chi connectivity index (χ0) is 12.1. The molecule has 2 N–H and O–H groups in total. The van der Waals surface area contributed by atoms with E-state index in [1.54, 1.807) is 13.8 Å². The van der Waals surface area contributed by atoms with Crippen LogP contribution in [0.25, 0.3) is 0 Å². The predicted molar refractivity (Wildman–Crippen MR) is 57.6 cm³/mol. The second kappa shape index (κ2) is 5.75. The summed E-state index contributed by atoms with van der Waals surface area (Å²) in [6.07, 6.45) is 0.408. The molecule has 0 aromatic rings. The van der Waals surface area contributed by atoms with Crippen LogP contribution in [0.3, 0.4) is 0 Å². The number of hydrogen-bond donors (Lipinski definition) is 2. The molecule has 15 heavy (non-hydrogen) atoms. The first-order valence-electron chi connectivity index (χ1n) is 4.52. The third-order valence-electron chi connectivity index (χ3n) is 1.53. The second-order valence-corrected chi connectivity index (χ2v) is 6.42. The molecule has 0 radical (unpaired) electrons. The Morgan fingerprint density at radius 2 is 1.60 bits per heavy atom. The van der Waals surface area contributed by atoms with Crippen molar-refractivity contribution in [1.29, 1.82) is 0 Å². The Morgan fingerprint density at radius 3 is 1.93 bits per heavy atom. The molecule has 0 aromatic heterocycles. The van der Waals surface area contributed by atoms with Crippen molar-refractivity contribution in [3.8, 4) is 0 Å². The summed E-state index contributed by atoms with van der Waals surface area (Å²) in [6.45, 7) is 3.33. The van der Waals surface area contributed by atoms with Gasteiger partial charge in [0.25, 0.3) is 20.4 Å². The maximum Gasteiger partial charge on any atom is 0.293 e. The van der Waals surface area contributed by atoms with Gasteiger partial charge in [-0.1, -0.05) is 17.6 Å². The van der Waals surface area contributed by atoms with Crippen molar-refractivity contribution in [2.24, 2.45) is 0 Å². The van der Waals surface area contributed by atoms with Crippen LogP contribution in [0.2, 0.25) is 0 Å². The highest BCUT2D eigenvalue weighted by atomic mass is 32.3. The topological polar surface area (TPSA) is 95.6 Å². The lowest BCUT2D eigenvalue weighted by molar-refractivity contribution is 0.482. The van der Waals surface area contributed by atoms with Crippen LogP contribution in [0.1, 0.15) is 20.3 Å². The molecule has 9 heteroatoms. The molecule has 0 bridgehead atoms. The Labute approximate surface area is 91.2 Å². The van der Waals surface area contributed by atoms with Crippen LogP contribution in [-0.4, -0.2) is 40.7 Å². The Hall–Kier alpha value is -0.220. The molecule has 0 aliphatic carbocycles. The van der Waals surface area contributed by atoms with E-state index in [4.69, 9.17) is 0 Å². The summed E-state index contributed by atoms with van der Waals surface area (Å²) >= 11 is 0. The van der Waals surface area contributed by atoms with Gasteiger partial charge in [0, 0.05) is 20.1 Å². The zero-order valence-corrected chi connectivity index (χ0v) is 10.7. The fraction of sp³-hybridized carbons (Fsp3) is 1.00. The van der Waals surface area contributed by atoms with Gasteiger partial charge in [0.05, 0.1) is 0 Å². The fourth-order valence-corrected chi connectivity index (χ4v) is 3.88. The Morgan fingerprint density at radius 1 is 1.07 bits per heavy atom. The average Bonchev–Trinajstić information content (AvgIpc) is 2.13. The lowest BCUT2D eigenvalue weighted by Gasteiger charge is -2.20. The summed E-state index contributed by atoms with van der Waals surface area (Å²) in [7, 11) is -6.77. The number of hydrogen-bond acceptors (Lipinski definition) is 4. The van der Waals surface area contributed by atoms with Crippen LogP contribution >= 0.6 is 0 Å². The molecule has 0 rings (SSSR count). The molecule has 0 saturated carbocycles. The Kier molecular flexibility index (Phi) is 5.67. The molecule has 0 atom stereocenters. The van der Waals surface area contributed by atoms with E-state index in [9.17, 15) is 16.8 Å². The summed E-state index contributed by atoms with van der Waals surface area (Å²) in [4.78, 5) is 0. The summed E-state index contributed by atoms with van der Waals surface area (Å²) in [5.41, 5.74) is 0. The van der Waals surface area contributed by atoms with Crippen molar-refractivity contribution in [3.05, 3.63) is 0 Å². The molecule has 0 aliphatic rings. The van der Waals surface area contributed by atoms with E-state index in [2.05, 4.69) is 4.72 Å². The van der Waals surface area contributed by atoms with E-state index in [1.807, 2.05) is 4.72 Å². The Balaban J connectivity index is 5.16. The van der Waals surface area contributed by atoms with Gasteiger partial charge in [-0.15, -0.1) is 0 Å². The lowest BCUT2D eigenvalue weighted by atomic mass is 10.5. The van der Waals surface area contributed by atoms with Gasteiger partial charge in [-0.3, -0.25) is 0 Å². The van der Waals surface area contributed by atoms with Crippen LogP contribution in [0.4, 0.5) is 0 Å². The second-order valence-electron chi connectivity index (χ2n) is 2.71. The molecule has 7 nitrogen and oxygen atoms in total. The zero-order valence-electron chi connectivity index (χ0n) is 9.02. The quantitative estimate of drug-likeness (QED) is 0.614. The van der Waals surface area contributed by atoms with E-state index in [1.165, 1.54) is 7.05 Å². The number of nitrogens with zero attached hydrogens (tertiary/aromatic N) is 1. The standard InChI is InChI=1S/C6H17N3O4S2/c1-4-6-9(14(10,11)7-3)15(12,13)8-5-2/h7-8H,4-6H2,1-3H3. The molecular formula is C6H17N3O4S2. The predicted octanol–water partition coefficient (Wildman–Crippen LogP) is -0.983. The maximum atomic E-state index is 11.5. The van der Waals surface area contributed by atoms with Crippen molar-refractivity contribution in [3.63, 3.8) is 0 Å². The van der Waals surface area contributed by atoms with Crippen molar-refractivity contribution < 1.29 is 16.8 Å². The first kappa shape index (κ1) is 14.8. The minimum Gasteiger partial charge on any atom is -0.204 e. The van der Waals surface area contributed by atoms with Crippen LogP contribution in [0.5, 0.6) is 0 Å². The van der Waals surface area contributed by atoms with E-state index in [0.717, 1.165) is 0 Å². The van der Waals surface area contributed by atoms with Gasteiger partial charge >= 0.3 is 0 Å². The van der Waals surface area contributed by atoms with Gasteiger partial charge in [0.1, 0.15) is 0 Å². The minimum absolute atomic E-state index is 0.0848. The number of nitrogens with one attached hydrogen (secondary N) is 2. The largest absolute Gasteiger partial charge is 0.293 e. The first-order chi connectivity index (χ1) is 6.81. The molecule has 0 fully saturated rings. The molecule has 0 aliphatic heterocycles. The van der Waals surface area contributed by atoms with Crippen molar-refractivity contribution in [2.75, 3.05) is 20.1 Å². The van der Waals surface area contributed by atoms with E-state index < -0.39 is 20.4 Å². The van der Waals surface area contributed by atoms with Crippen molar-refractivity contribution in [1.82, 2.24) is 13.2 Å². The number of rotatable bonds is 7. The van der Waals surface area contributed by atoms with E-state index >= 15 is 0 Å². The first-order valence-corrected chi connectivity index (χ1v) is 7.40. The summed E-state index contributed by atoms with van der Waals surface area (Å²) in [6, 6.07) is 0. The SMILES string of the molecule is CCCN(S(=O)(=O)NC)S(=O)(=O)NCC. The lowest BCUT2D eigenvalue weighted by Crippen LogP contribution is -2.48. The third kappa shape index (κ3) is 4.03. The van der Waals surface area contributed by atoms with E-state index in [0.29, 0.717) is 10.1 Å². The monoisotopic (exact) mass is 259 g/mol. The van der Waals surface area contributed by atoms with Gasteiger partial charge in [0.15, 0.2) is 0 Å². The maximum absolute atomic E-state index is 11.5. The fourth-order valence-electron chi connectivity index (χ4n) is 0.908. The smallest absolute Gasteiger partial charge is 0.204 e. The highest BCUT2D eigenvalue weighted by Gasteiger charge is 2.31. The van der Waals surface area contributed by atoms with Crippen LogP contribution in [0.15, 0.2) is 0 Å². The highest BCUT2D eigenvalue weighted by Crippen LogP contribution is 2.05. The normalized spacial score (nSPS) is 13.3. The van der Waals surface area contributed by atoms with Gasteiger partial charge in [-0.2, -0.15) is 16.8 Å². The summed E-state index contributed by atoms with van der Waals surface area (Å²) in [5.74, 6) is 0.